The van der Waals surface area contributed by atoms with Gasteiger partial charge in [-0.1, -0.05) is 312 Å². The molecule has 0 aromatic carbocycles. The van der Waals surface area contributed by atoms with Crippen molar-refractivity contribution in [2.24, 2.45) is 0 Å². The van der Waals surface area contributed by atoms with E-state index < -0.39 is 67.4 Å². The Morgan fingerprint density at radius 2 is 0.784 bits per heavy atom. The summed E-state index contributed by atoms with van der Waals surface area (Å²) in [6, 6.07) is -1.03. The summed E-state index contributed by atoms with van der Waals surface area (Å²) in [5, 5.41) is 57.3. The lowest BCUT2D eigenvalue weighted by Crippen LogP contribution is -2.61. The van der Waals surface area contributed by atoms with Crippen molar-refractivity contribution in [3.05, 3.63) is 72.9 Å². The highest BCUT2D eigenvalue weighted by Crippen LogP contribution is 2.26. The summed E-state index contributed by atoms with van der Waals surface area (Å²) in [6.07, 6.45) is 73.7. The molecule has 8 unspecified atom stereocenters. The van der Waals surface area contributed by atoms with E-state index in [1.165, 1.54) is 212 Å². The van der Waals surface area contributed by atoms with E-state index >= 15 is 0 Å². The maximum atomic E-state index is 13.5. The molecule has 1 saturated heterocycles. The van der Waals surface area contributed by atoms with E-state index in [2.05, 4.69) is 86.8 Å². The van der Waals surface area contributed by atoms with E-state index in [0.717, 1.165) is 83.5 Å². The average Bonchev–Trinajstić information content (AvgIpc) is 2.54. The molecule has 88 heavy (non-hydrogen) atoms. The van der Waals surface area contributed by atoms with Crippen molar-refractivity contribution in [3.63, 3.8) is 0 Å². The third kappa shape index (κ3) is 50.7. The van der Waals surface area contributed by atoms with E-state index in [9.17, 15) is 35.1 Å². The standard InChI is InChI=1S/C77H139NO10/c1-4-7-10-13-16-19-22-25-27-29-31-33-35-37-38-40-42-44-46-49-52-55-58-61-64-70(81)76(85)78-68(69(80)63-60-57-54-51-48-24-21-18-15-12-9-6-3)67-86-77-75(74(84)73(83)71(66-79)87-77)88-72(82)65-62-59-56-53-50-47-45-43-41-39-36-34-32-30-28-26-23-20-17-14-11-8-5-2/h16-17,19-20,25-28,32,34,60,63,68-71,73-75,77,79-81,83-84H,4-15,18,21-24,29-31,33,35-59,61-62,64-67H2,1-3H3,(H,78,85)/b19-16-,20-17-,27-25-,28-26-,34-32-,63-60+. The summed E-state index contributed by atoms with van der Waals surface area (Å²) < 4.78 is 17.7. The van der Waals surface area contributed by atoms with Crippen LogP contribution in [0.1, 0.15) is 342 Å². The Bertz CT molecular complexity index is 1710. The number of hydrogen-bond donors (Lipinski definition) is 6. The van der Waals surface area contributed by atoms with Crippen molar-refractivity contribution in [3.8, 4) is 0 Å². The zero-order valence-corrected chi connectivity index (χ0v) is 57.1. The molecule has 11 heteroatoms. The third-order valence-electron chi connectivity index (χ3n) is 17.3. The van der Waals surface area contributed by atoms with Gasteiger partial charge in [0.25, 0.3) is 0 Å². The molecule has 6 N–H and O–H groups in total. The molecule has 11 nitrogen and oxygen atoms in total. The highest BCUT2D eigenvalue weighted by molar-refractivity contribution is 5.80. The first-order valence-corrected chi connectivity index (χ1v) is 37.2. The number of hydrogen-bond acceptors (Lipinski definition) is 10. The summed E-state index contributed by atoms with van der Waals surface area (Å²) >= 11 is 0. The van der Waals surface area contributed by atoms with Gasteiger partial charge in [0, 0.05) is 6.42 Å². The van der Waals surface area contributed by atoms with Crippen molar-refractivity contribution >= 4 is 11.9 Å². The van der Waals surface area contributed by atoms with Crippen LogP contribution in [0, 0.1) is 0 Å². The van der Waals surface area contributed by atoms with Gasteiger partial charge in [-0.15, -0.1) is 0 Å². The second-order valence-electron chi connectivity index (χ2n) is 25.7. The van der Waals surface area contributed by atoms with Crippen LogP contribution >= 0.6 is 0 Å². The number of aliphatic hydroxyl groups is 5. The van der Waals surface area contributed by atoms with E-state index in [1.54, 1.807) is 6.08 Å². The van der Waals surface area contributed by atoms with Gasteiger partial charge in [-0.25, -0.2) is 0 Å². The van der Waals surface area contributed by atoms with Gasteiger partial charge >= 0.3 is 5.97 Å². The van der Waals surface area contributed by atoms with Crippen LogP contribution in [0.4, 0.5) is 0 Å². The zero-order valence-electron chi connectivity index (χ0n) is 57.1. The van der Waals surface area contributed by atoms with E-state index in [1.807, 2.05) is 6.08 Å². The van der Waals surface area contributed by atoms with Crippen molar-refractivity contribution in [2.75, 3.05) is 13.2 Å². The van der Waals surface area contributed by atoms with Crippen molar-refractivity contribution in [2.45, 2.75) is 391 Å². The number of amides is 1. The zero-order chi connectivity index (χ0) is 63.9. The first kappa shape index (κ1) is 83.1. The Hall–Kier alpha value is -2.90. The molecule has 1 amide bonds. The molecular formula is C77H139NO10. The van der Waals surface area contributed by atoms with Crippen LogP contribution in [0.2, 0.25) is 0 Å². The Balaban J connectivity index is 2.55. The average molecular weight is 1240 g/mol. The quantitative estimate of drug-likeness (QED) is 0.0195. The highest BCUT2D eigenvalue weighted by atomic mass is 16.7. The van der Waals surface area contributed by atoms with E-state index in [-0.39, 0.29) is 13.0 Å². The summed E-state index contributed by atoms with van der Waals surface area (Å²) in [7, 11) is 0. The number of carbonyl (C=O) groups is 2. The van der Waals surface area contributed by atoms with Gasteiger partial charge in [-0.3, -0.25) is 9.59 Å². The highest BCUT2D eigenvalue weighted by Gasteiger charge is 2.47. The Morgan fingerprint density at radius 3 is 1.19 bits per heavy atom. The van der Waals surface area contributed by atoms with Crippen LogP contribution in [0.15, 0.2) is 72.9 Å². The predicted molar refractivity (Wildman–Crippen MR) is 370 cm³/mol. The van der Waals surface area contributed by atoms with Crippen molar-refractivity contribution < 1.29 is 49.3 Å². The fourth-order valence-electron chi connectivity index (χ4n) is 11.5. The number of esters is 1. The van der Waals surface area contributed by atoms with Crippen LogP contribution in [0.3, 0.4) is 0 Å². The van der Waals surface area contributed by atoms with Gasteiger partial charge in [-0.05, 0) is 96.3 Å². The minimum atomic E-state index is -1.62. The van der Waals surface area contributed by atoms with Gasteiger partial charge in [0.1, 0.15) is 24.4 Å². The largest absolute Gasteiger partial charge is 0.454 e. The molecule has 0 saturated carbocycles. The summed E-state index contributed by atoms with van der Waals surface area (Å²) in [4.78, 5) is 26.7. The molecule has 0 aromatic rings. The minimum absolute atomic E-state index is 0.118. The number of ether oxygens (including phenoxy) is 3. The number of rotatable bonds is 64. The van der Waals surface area contributed by atoms with Gasteiger partial charge in [0.2, 0.25) is 5.91 Å². The maximum Gasteiger partial charge on any atom is 0.306 e. The molecule has 512 valence electrons. The molecule has 1 aliphatic heterocycles. The summed E-state index contributed by atoms with van der Waals surface area (Å²) in [5.41, 5.74) is 0. The normalized spacial score (nSPS) is 18.6. The van der Waals surface area contributed by atoms with Crippen LogP contribution in [-0.4, -0.2) is 99.6 Å². The van der Waals surface area contributed by atoms with Gasteiger partial charge in [-0.2, -0.15) is 0 Å². The van der Waals surface area contributed by atoms with Crippen LogP contribution in [-0.2, 0) is 23.8 Å². The second kappa shape index (κ2) is 64.2. The number of nitrogens with one attached hydrogen (secondary N) is 1. The lowest BCUT2D eigenvalue weighted by Gasteiger charge is -2.41. The second-order valence-corrected chi connectivity index (χ2v) is 25.7. The third-order valence-corrected chi connectivity index (χ3v) is 17.3. The number of allylic oxidation sites excluding steroid dienone is 11. The maximum absolute atomic E-state index is 13.5. The minimum Gasteiger partial charge on any atom is -0.454 e. The van der Waals surface area contributed by atoms with Crippen LogP contribution in [0.5, 0.6) is 0 Å². The van der Waals surface area contributed by atoms with Gasteiger partial charge < -0.3 is 45.1 Å². The van der Waals surface area contributed by atoms with Crippen molar-refractivity contribution in [1.29, 1.82) is 0 Å². The molecule has 1 fully saturated rings. The predicted octanol–water partition coefficient (Wildman–Crippen LogP) is 19.5. The lowest BCUT2D eigenvalue weighted by atomic mass is 9.99. The van der Waals surface area contributed by atoms with Gasteiger partial charge in [0.15, 0.2) is 12.4 Å². The molecule has 0 bridgehead atoms. The molecule has 1 heterocycles. The Morgan fingerprint density at radius 1 is 0.443 bits per heavy atom. The molecule has 1 aliphatic rings. The molecule has 1 rings (SSSR count). The SMILES string of the molecule is CCCCC/C=C\C/C=C\C/C=C\CCCCCCCCCCCCC(=O)OC1C(OCC(NC(=O)C(O)CCCCCCCCCCCCCCCC/C=C\C/C=C\CCCCC)C(O)/C=C/CCCCCCCCCCCC)OC(CO)C(O)C1O. The molecule has 8 atom stereocenters. The van der Waals surface area contributed by atoms with Crippen molar-refractivity contribution in [1.82, 2.24) is 5.32 Å². The molecular weight excluding hydrogens is 1100 g/mol. The number of aliphatic hydroxyl groups excluding tert-OH is 5. The first-order chi connectivity index (χ1) is 43.2. The molecule has 0 aromatic heterocycles. The molecule has 0 radical (unpaired) electrons. The fourth-order valence-corrected chi connectivity index (χ4v) is 11.5. The number of carbonyl (C=O) groups excluding carboxylic acids is 2. The summed E-state index contributed by atoms with van der Waals surface area (Å²) in [5.74, 6) is -1.19. The Labute approximate surface area is 541 Å². The smallest absolute Gasteiger partial charge is 0.306 e. The Kier molecular flexibility index (Phi) is 60.6. The monoisotopic (exact) mass is 1240 g/mol. The van der Waals surface area contributed by atoms with Crippen LogP contribution < -0.4 is 5.32 Å². The molecule has 0 spiro atoms. The van der Waals surface area contributed by atoms with Gasteiger partial charge in [0.05, 0.1) is 25.4 Å². The summed E-state index contributed by atoms with van der Waals surface area (Å²) in [6.45, 7) is 5.78. The number of unbranched alkanes of at least 4 members (excludes halogenated alkanes) is 40. The van der Waals surface area contributed by atoms with Crippen LogP contribution in [0.25, 0.3) is 0 Å². The molecule has 0 aliphatic carbocycles. The first-order valence-electron chi connectivity index (χ1n) is 37.2. The lowest BCUT2D eigenvalue weighted by molar-refractivity contribution is -0.305. The van der Waals surface area contributed by atoms with E-state index in [4.69, 9.17) is 14.2 Å². The van der Waals surface area contributed by atoms with E-state index in [0.29, 0.717) is 19.3 Å². The fraction of sp³-hybridized carbons (Fsp3) is 0.818. The topological polar surface area (TPSA) is 175 Å².